The largest absolute Gasteiger partial charge is 0.475 e. The van der Waals surface area contributed by atoms with Gasteiger partial charge in [-0.1, -0.05) is 0 Å². The molecule has 0 radical (unpaired) electrons. The van der Waals surface area contributed by atoms with Gasteiger partial charge in [0.2, 0.25) is 11.7 Å². The average Bonchev–Trinajstić information content (AvgIpc) is 2.97. The van der Waals surface area contributed by atoms with Gasteiger partial charge in [0.25, 0.3) is 0 Å². The van der Waals surface area contributed by atoms with E-state index in [1.165, 1.54) is 6.07 Å². The second-order valence-electron chi connectivity index (χ2n) is 3.94. The van der Waals surface area contributed by atoms with Crippen molar-refractivity contribution in [2.24, 2.45) is 0 Å². The molecule has 0 bridgehead atoms. The van der Waals surface area contributed by atoms with Gasteiger partial charge < -0.3 is 20.2 Å². The molecule has 1 amide bonds. The first-order valence-corrected chi connectivity index (χ1v) is 5.50. The lowest BCUT2D eigenvalue weighted by Crippen LogP contribution is -2.39. The Hall–Kier alpha value is -1.82. The van der Waals surface area contributed by atoms with Crippen LogP contribution in [-0.4, -0.2) is 29.6 Å². The van der Waals surface area contributed by atoms with E-state index in [1.54, 1.807) is 6.07 Å². The summed E-state index contributed by atoms with van der Waals surface area (Å²) < 4.78 is 5.02. The fourth-order valence-corrected chi connectivity index (χ4v) is 1.79. The highest BCUT2D eigenvalue weighted by Crippen LogP contribution is 2.08. The van der Waals surface area contributed by atoms with Crippen LogP contribution in [0.5, 0.6) is 0 Å². The Morgan fingerprint density at radius 2 is 2.35 bits per heavy atom. The number of rotatable bonds is 4. The molecule has 1 fully saturated rings. The minimum absolute atomic E-state index is 0.0734. The number of amides is 1. The lowest BCUT2D eigenvalue weighted by molar-refractivity contribution is -0.123. The highest BCUT2D eigenvalue weighted by Gasteiger charge is 2.21. The zero-order valence-corrected chi connectivity index (χ0v) is 9.23. The fraction of sp³-hybridized carbons (Fsp3) is 0.455. The summed E-state index contributed by atoms with van der Waals surface area (Å²) in [5.74, 6) is -0.863. The van der Waals surface area contributed by atoms with Crippen molar-refractivity contribution in [1.29, 1.82) is 0 Å². The number of carbonyl (C=O) groups excluding carboxylic acids is 1. The van der Waals surface area contributed by atoms with E-state index in [-0.39, 0.29) is 24.3 Å². The van der Waals surface area contributed by atoms with E-state index in [2.05, 4.69) is 10.6 Å². The molecule has 3 N–H and O–H groups in total. The maximum Gasteiger partial charge on any atom is 0.371 e. The molecule has 1 aromatic rings. The van der Waals surface area contributed by atoms with Crippen molar-refractivity contribution in [2.75, 3.05) is 6.54 Å². The van der Waals surface area contributed by atoms with Gasteiger partial charge in [-0.2, -0.15) is 0 Å². The first-order valence-electron chi connectivity index (χ1n) is 5.50. The van der Waals surface area contributed by atoms with Crippen LogP contribution in [0.4, 0.5) is 0 Å². The fourth-order valence-electron chi connectivity index (χ4n) is 1.79. The number of carboxylic acid groups (broad SMARTS) is 1. The van der Waals surface area contributed by atoms with Crippen molar-refractivity contribution in [3.63, 3.8) is 0 Å². The van der Waals surface area contributed by atoms with Crippen molar-refractivity contribution < 1.29 is 19.1 Å². The maximum atomic E-state index is 11.6. The quantitative estimate of drug-likeness (QED) is 0.703. The summed E-state index contributed by atoms with van der Waals surface area (Å²) >= 11 is 0. The Kier molecular flexibility index (Phi) is 3.43. The molecule has 92 valence electrons. The third kappa shape index (κ3) is 2.85. The van der Waals surface area contributed by atoms with Crippen molar-refractivity contribution >= 4 is 11.9 Å². The minimum atomic E-state index is -1.11. The van der Waals surface area contributed by atoms with Gasteiger partial charge in [0.1, 0.15) is 5.76 Å². The molecule has 0 unspecified atom stereocenters. The first kappa shape index (κ1) is 11.7. The second kappa shape index (κ2) is 5.01. The van der Waals surface area contributed by atoms with E-state index in [9.17, 15) is 9.59 Å². The number of nitrogens with one attached hydrogen (secondary N) is 2. The van der Waals surface area contributed by atoms with E-state index in [0.29, 0.717) is 5.76 Å². The average molecular weight is 238 g/mol. The predicted octanol–water partition coefficient (Wildman–Crippen LogP) is 0.346. The Labute approximate surface area is 98.0 Å². The predicted molar refractivity (Wildman–Crippen MR) is 58.5 cm³/mol. The number of aromatic carboxylic acids is 1. The normalized spacial score (nSPS) is 19.2. The third-order valence-electron chi connectivity index (χ3n) is 2.69. The molecule has 1 saturated heterocycles. The molecule has 6 heteroatoms. The minimum Gasteiger partial charge on any atom is -0.475 e. The summed E-state index contributed by atoms with van der Waals surface area (Å²) in [7, 11) is 0. The molecule has 17 heavy (non-hydrogen) atoms. The molecule has 0 saturated carbocycles. The molecule has 1 atom stereocenters. The van der Waals surface area contributed by atoms with Crippen LogP contribution in [0.2, 0.25) is 0 Å². The molecular weight excluding hydrogens is 224 g/mol. The molecule has 6 nitrogen and oxygen atoms in total. The lowest BCUT2D eigenvalue weighted by Gasteiger charge is -2.09. The molecule has 1 aromatic heterocycles. The van der Waals surface area contributed by atoms with E-state index in [0.717, 1.165) is 19.4 Å². The van der Waals surface area contributed by atoms with E-state index in [4.69, 9.17) is 9.52 Å². The topological polar surface area (TPSA) is 91.6 Å². The summed E-state index contributed by atoms with van der Waals surface area (Å²) in [5, 5.41) is 14.4. The third-order valence-corrected chi connectivity index (χ3v) is 2.69. The molecule has 0 aromatic carbocycles. The van der Waals surface area contributed by atoms with Gasteiger partial charge in [-0.05, 0) is 31.5 Å². The van der Waals surface area contributed by atoms with Crippen molar-refractivity contribution in [1.82, 2.24) is 10.6 Å². The second-order valence-corrected chi connectivity index (χ2v) is 3.94. The van der Waals surface area contributed by atoms with E-state index >= 15 is 0 Å². The summed E-state index contributed by atoms with van der Waals surface area (Å²) in [6.07, 6.45) is 1.84. The van der Waals surface area contributed by atoms with Gasteiger partial charge in [0.05, 0.1) is 12.6 Å². The van der Waals surface area contributed by atoms with Crippen LogP contribution in [0.15, 0.2) is 16.5 Å². The van der Waals surface area contributed by atoms with Crippen LogP contribution in [0, 0.1) is 0 Å². The molecule has 0 aliphatic carbocycles. The molecule has 2 rings (SSSR count). The summed E-state index contributed by atoms with van der Waals surface area (Å²) in [6, 6.07) is 2.78. The Balaban J connectivity index is 1.84. The first-order chi connectivity index (χ1) is 8.16. The number of hydrogen-bond acceptors (Lipinski definition) is 4. The van der Waals surface area contributed by atoms with Gasteiger partial charge in [0.15, 0.2) is 0 Å². The van der Waals surface area contributed by atoms with Crippen LogP contribution in [0.1, 0.15) is 29.2 Å². The molecule has 1 aliphatic heterocycles. The molecule has 2 heterocycles. The number of furan rings is 1. The van der Waals surface area contributed by atoms with Gasteiger partial charge in [-0.25, -0.2) is 4.79 Å². The molecule has 0 spiro atoms. The van der Waals surface area contributed by atoms with Crippen LogP contribution in [0.3, 0.4) is 0 Å². The van der Waals surface area contributed by atoms with Crippen molar-refractivity contribution in [3.05, 3.63) is 23.7 Å². The van der Waals surface area contributed by atoms with Crippen LogP contribution in [0.25, 0.3) is 0 Å². The monoisotopic (exact) mass is 238 g/mol. The zero-order valence-electron chi connectivity index (χ0n) is 9.23. The summed E-state index contributed by atoms with van der Waals surface area (Å²) in [5.41, 5.74) is 0. The SMILES string of the molecule is O=C(O)c1ccc(CNC(=O)[C@H]2CCCN2)o1. The Morgan fingerprint density at radius 1 is 1.53 bits per heavy atom. The van der Waals surface area contributed by atoms with Gasteiger partial charge in [-0.3, -0.25) is 4.79 Å². The molecular formula is C11H14N2O4. The number of hydrogen-bond donors (Lipinski definition) is 3. The van der Waals surface area contributed by atoms with Gasteiger partial charge in [0, 0.05) is 0 Å². The van der Waals surface area contributed by atoms with Crippen molar-refractivity contribution in [3.8, 4) is 0 Å². The van der Waals surface area contributed by atoms with E-state index in [1.807, 2.05) is 0 Å². The standard InChI is InChI=1S/C11H14N2O4/c14-10(8-2-1-5-12-8)13-6-7-3-4-9(17-7)11(15)16/h3-4,8,12H,1-2,5-6H2,(H,13,14)(H,15,16)/t8-/m1/s1. The lowest BCUT2D eigenvalue weighted by atomic mass is 10.2. The summed E-state index contributed by atoms with van der Waals surface area (Å²) in [4.78, 5) is 22.2. The highest BCUT2D eigenvalue weighted by molar-refractivity contribution is 5.84. The Bertz CT molecular complexity index is 421. The highest BCUT2D eigenvalue weighted by atomic mass is 16.4. The van der Waals surface area contributed by atoms with Crippen LogP contribution < -0.4 is 10.6 Å². The van der Waals surface area contributed by atoms with Gasteiger partial charge in [-0.15, -0.1) is 0 Å². The zero-order chi connectivity index (χ0) is 12.3. The van der Waals surface area contributed by atoms with Crippen LogP contribution >= 0.6 is 0 Å². The smallest absolute Gasteiger partial charge is 0.371 e. The Morgan fingerprint density at radius 3 is 2.94 bits per heavy atom. The number of carboxylic acids is 1. The van der Waals surface area contributed by atoms with Gasteiger partial charge >= 0.3 is 5.97 Å². The number of carbonyl (C=O) groups is 2. The van der Waals surface area contributed by atoms with Crippen molar-refractivity contribution in [2.45, 2.75) is 25.4 Å². The summed E-state index contributed by atoms with van der Waals surface area (Å²) in [6.45, 7) is 1.08. The van der Waals surface area contributed by atoms with E-state index < -0.39 is 5.97 Å². The maximum absolute atomic E-state index is 11.6. The van der Waals surface area contributed by atoms with Crippen LogP contribution in [-0.2, 0) is 11.3 Å². The molecule has 1 aliphatic rings.